The molecule has 30 heavy (non-hydrogen) atoms. The number of nitrogens with zero attached hydrogens (tertiary/aromatic N) is 1. The van der Waals surface area contributed by atoms with Crippen molar-refractivity contribution in [1.29, 1.82) is 0 Å². The van der Waals surface area contributed by atoms with Crippen LogP contribution in [0.1, 0.15) is 10.4 Å². The van der Waals surface area contributed by atoms with E-state index in [1.165, 1.54) is 51.7 Å². The van der Waals surface area contributed by atoms with Crippen LogP contribution >= 0.6 is 11.6 Å². The van der Waals surface area contributed by atoms with Crippen molar-refractivity contribution in [3.8, 4) is 11.5 Å². The second kappa shape index (κ2) is 9.68. The number of halogens is 1. The summed E-state index contributed by atoms with van der Waals surface area (Å²) < 4.78 is 40.6. The maximum Gasteiger partial charge on any atom is 0.337 e. The molecular formula is C19H21ClN2O7S. The lowest BCUT2D eigenvalue weighted by Crippen LogP contribution is -2.37. The maximum absolute atomic E-state index is 12.6. The molecule has 2 aromatic carbocycles. The molecule has 11 heteroatoms. The molecule has 1 amide bonds. The molecule has 0 radical (unpaired) electrons. The van der Waals surface area contributed by atoms with Crippen molar-refractivity contribution in [2.75, 3.05) is 43.8 Å². The number of nitrogens with one attached hydrogen (secondary N) is 1. The molecule has 0 unspecified atom stereocenters. The predicted octanol–water partition coefficient (Wildman–Crippen LogP) is 2.55. The zero-order valence-electron chi connectivity index (χ0n) is 16.8. The highest BCUT2D eigenvalue weighted by atomic mass is 35.5. The fourth-order valence-corrected chi connectivity index (χ4v) is 3.58. The van der Waals surface area contributed by atoms with E-state index >= 15 is 0 Å². The molecule has 0 atom stereocenters. The Hall–Kier alpha value is -2.98. The Morgan fingerprint density at radius 2 is 1.77 bits per heavy atom. The fourth-order valence-electron chi connectivity index (χ4n) is 2.56. The van der Waals surface area contributed by atoms with Crippen LogP contribution in [0.4, 0.5) is 11.4 Å². The molecule has 2 rings (SSSR count). The lowest BCUT2D eigenvalue weighted by atomic mass is 10.2. The molecule has 0 spiro atoms. The number of carbonyl (C=O) groups excluding carboxylic acids is 2. The summed E-state index contributed by atoms with van der Waals surface area (Å²) in [5.74, 6) is -0.622. The number of esters is 1. The first kappa shape index (κ1) is 23.3. The Morgan fingerprint density at radius 3 is 2.33 bits per heavy atom. The number of hydrogen-bond acceptors (Lipinski definition) is 7. The lowest BCUT2D eigenvalue weighted by molar-refractivity contribution is -0.114. The number of sulfonamides is 1. The Balaban J connectivity index is 2.33. The van der Waals surface area contributed by atoms with E-state index in [-0.39, 0.29) is 27.7 Å². The van der Waals surface area contributed by atoms with Crippen molar-refractivity contribution in [1.82, 2.24) is 0 Å². The molecule has 0 bridgehead atoms. The van der Waals surface area contributed by atoms with E-state index in [1.807, 2.05) is 0 Å². The molecular weight excluding hydrogens is 436 g/mol. The van der Waals surface area contributed by atoms with Gasteiger partial charge in [0.25, 0.3) is 0 Å². The average Bonchev–Trinajstić information content (AvgIpc) is 2.71. The molecule has 9 nitrogen and oxygen atoms in total. The van der Waals surface area contributed by atoms with Crippen LogP contribution in [0.2, 0.25) is 5.02 Å². The smallest absolute Gasteiger partial charge is 0.337 e. The van der Waals surface area contributed by atoms with Gasteiger partial charge in [-0.3, -0.25) is 9.10 Å². The first-order valence-electron chi connectivity index (χ1n) is 8.48. The van der Waals surface area contributed by atoms with E-state index in [0.29, 0.717) is 5.75 Å². The highest BCUT2D eigenvalue weighted by Crippen LogP contribution is 2.33. The van der Waals surface area contributed by atoms with Crippen molar-refractivity contribution in [3.05, 3.63) is 47.0 Å². The van der Waals surface area contributed by atoms with E-state index < -0.39 is 28.4 Å². The van der Waals surface area contributed by atoms with E-state index in [0.717, 1.165) is 10.6 Å². The van der Waals surface area contributed by atoms with Gasteiger partial charge in [-0.2, -0.15) is 0 Å². The number of ether oxygens (including phenoxy) is 3. The van der Waals surface area contributed by atoms with Crippen LogP contribution in [0.5, 0.6) is 11.5 Å². The van der Waals surface area contributed by atoms with Gasteiger partial charge in [-0.05, 0) is 30.3 Å². The number of amides is 1. The van der Waals surface area contributed by atoms with Gasteiger partial charge in [-0.25, -0.2) is 13.2 Å². The van der Waals surface area contributed by atoms with Gasteiger partial charge in [-0.1, -0.05) is 11.6 Å². The van der Waals surface area contributed by atoms with Gasteiger partial charge in [0.05, 0.1) is 49.5 Å². The Labute approximate surface area is 179 Å². The van der Waals surface area contributed by atoms with Gasteiger partial charge in [0, 0.05) is 6.07 Å². The number of rotatable bonds is 8. The number of hydrogen-bond donors (Lipinski definition) is 1. The van der Waals surface area contributed by atoms with E-state index in [4.69, 9.17) is 21.1 Å². The Kier molecular flexibility index (Phi) is 7.52. The minimum atomic E-state index is -3.85. The molecule has 0 aliphatic heterocycles. The monoisotopic (exact) mass is 456 g/mol. The summed E-state index contributed by atoms with van der Waals surface area (Å²) in [5.41, 5.74) is 0.471. The van der Waals surface area contributed by atoms with E-state index in [1.54, 1.807) is 6.07 Å². The van der Waals surface area contributed by atoms with Gasteiger partial charge >= 0.3 is 5.97 Å². The SMILES string of the molecule is COC(=O)c1ccc(Cl)c(NC(=O)CN(c2ccc(OC)cc2OC)S(C)(=O)=O)c1. The van der Waals surface area contributed by atoms with Gasteiger partial charge in [0.1, 0.15) is 18.0 Å². The first-order chi connectivity index (χ1) is 14.1. The molecule has 1 N–H and O–H groups in total. The summed E-state index contributed by atoms with van der Waals surface area (Å²) in [6.07, 6.45) is 0.967. The zero-order valence-corrected chi connectivity index (χ0v) is 18.3. The van der Waals surface area contributed by atoms with Gasteiger partial charge in [0.15, 0.2) is 0 Å². The molecule has 2 aromatic rings. The third kappa shape index (κ3) is 5.55. The zero-order chi connectivity index (χ0) is 22.5. The topological polar surface area (TPSA) is 111 Å². The highest BCUT2D eigenvalue weighted by Gasteiger charge is 2.25. The third-order valence-corrected chi connectivity index (χ3v) is 5.46. The minimum absolute atomic E-state index is 0.139. The van der Waals surface area contributed by atoms with E-state index in [9.17, 15) is 18.0 Å². The fraction of sp³-hybridized carbons (Fsp3) is 0.263. The molecule has 0 aromatic heterocycles. The normalized spacial score (nSPS) is 10.8. The van der Waals surface area contributed by atoms with Gasteiger partial charge in [-0.15, -0.1) is 0 Å². The van der Waals surface area contributed by atoms with Crippen molar-refractivity contribution in [3.63, 3.8) is 0 Å². The Bertz CT molecular complexity index is 1060. The molecule has 0 heterocycles. The summed E-state index contributed by atoms with van der Waals surface area (Å²) in [6.45, 7) is -0.555. The van der Waals surface area contributed by atoms with Crippen molar-refractivity contribution >= 4 is 44.9 Å². The molecule has 0 saturated carbocycles. The molecule has 0 fully saturated rings. The highest BCUT2D eigenvalue weighted by molar-refractivity contribution is 7.92. The largest absolute Gasteiger partial charge is 0.497 e. The standard InChI is InChI=1S/C19H21ClN2O7S/c1-27-13-6-8-16(17(10-13)28-2)22(30(4,25)26)11-18(23)21-15-9-12(19(24)29-3)5-7-14(15)20/h5-10H,11H2,1-4H3,(H,21,23). The molecule has 0 saturated heterocycles. The van der Waals surface area contributed by atoms with Gasteiger partial charge < -0.3 is 19.5 Å². The lowest BCUT2D eigenvalue weighted by Gasteiger charge is -2.24. The van der Waals surface area contributed by atoms with Crippen LogP contribution in [0.25, 0.3) is 0 Å². The first-order valence-corrected chi connectivity index (χ1v) is 10.7. The molecule has 162 valence electrons. The van der Waals surface area contributed by atoms with Crippen molar-refractivity contribution in [2.24, 2.45) is 0 Å². The number of benzene rings is 2. The maximum atomic E-state index is 12.6. The summed E-state index contributed by atoms with van der Waals surface area (Å²) in [4.78, 5) is 24.3. The van der Waals surface area contributed by atoms with Crippen LogP contribution in [-0.2, 0) is 19.6 Å². The third-order valence-electron chi connectivity index (χ3n) is 4.00. The van der Waals surface area contributed by atoms with Crippen LogP contribution in [-0.4, -0.2) is 54.4 Å². The predicted molar refractivity (Wildman–Crippen MR) is 113 cm³/mol. The van der Waals surface area contributed by atoms with Crippen LogP contribution < -0.4 is 19.1 Å². The second-order valence-electron chi connectivity index (χ2n) is 6.04. The Morgan fingerprint density at radius 1 is 1.07 bits per heavy atom. The van der Waals surface area contributed by atoms with Crippen LogP contribution in [0.3, 0.4) is 0 Å². The number of carbonyl (C=O) groups is 2. The molecule has 0 aliphatic carbocycles. The number of methoxy groups -OCH3 is 3. The summed E-state index contributed by atoms with van der Waals surface area (Å²) in [6, 6.07) is 8.72. The van der Waals surface area contributed by atoms with Crippen LogP contribution in [0, 0.1) is 0 Å². The quantitative estimate of drug-likeness (QED) is 0.607. The van der Waals surface area contributed by atoms with Gasteiger partial charge in [0.2, 0.25) is 15.9 Å². The summed E-state index contributed by atoms with van der Waals surface area (Å²) in [7, 11) is 0.208. The van der Waals surface area contributed by atoms with Crippen molar-refractivity contribution < 1.29 is 32.2 Å². The minimum Gasteiger partial charge on any atom is -0.497 e. The average molecular weight is 457 g/mol. The molecule has 0 aliphatic rings. The van der Waals surface area contributed by atoms with E-state index in [2.05, 4.69) is 10.1 Å². The second-order valence-corrected chi connectivity index (χ2v) is 8.36. The summed E-state index contributed by atoms with van der Waals surface area (Å²) in [5, 5.41) is 2.68. The summed E-state index contributed by atoms with van der Waals surface area (Å²) >= 11 is 6.08. The van der Waals surface area contributed by atoms with Crippen LogP contribution in [0.15, 0.2) is 36.4 Å². The van der Waals surface area contributed by atoms with Crippen molar-refractivity contribution in [2.45, 2.75) is 0 Å². The number of anilines is 2.